The third-order valence-corrected chi connectivity index (χ3v) is 6.50. The van der Waals surface area contributed by atoms with Crippen molar-refractivity contribution in [2.45, 2.75) is 71.4 Å². The van der Waals surface area contributed by atoms with Crippen LogP contribution in [0.2, 0.25) is 0 Å². The van der Waals surface area contributed by atoms with Gasteiger partial charge in [-0.3, -0.25) is 4.79 Å². The van der Waals surface area contributed by atoms with Crippen molar-refractivity contribution in [3.05, 3.63) is 35.0 Å². The molecule has 3 heteroatoms. The summed E-state index contributed by atoms with van der Waals surface area (Å²) >= 11 is 0. The number of ketones is 1. The van der Waals surface area contributed by atoms with Gasteiger partial charge in [-0.05, 0) is 50.9 Å². The van der Waals surface area contributed by atoms with Crippen LogP contribution in [0.3, 0.4) is 0 Å². The monoisotopic (exact) mass is 352 g/mol. The van der Waals surface area contributed by atoms with E-state index in [4.69, 9.17) is 0 Å². The van der Waals surface area contributed by atoms with Gasteiger partial charge in [0.15, 0.2) is 0 Å². The second-order valence-corrected chi connectivity index (χ2v) is 8.49. The van der Waals surface area contributed by atoms with Crippen molar-refractivity contribution in [1.29, 1.82) is 0 Å². The molecule has 3 nitrogen and oxygen atoms in total. The first kappa shape index (κ1) is 17.8. The molecule has 1 aliphatic carbocycles. The number of nitrogens with zero attached hydrogens (tertiary/aromatic N) is 2. The standard InChI is InChI=1S/C23H32N2O/c1-17-9-10-21-20(15-17)19-11-13-24(2)16-22(19)25(21)14-12-23(26)18-7-5-3-4-6-8-18/h9-10,15,18H,3-8,11-14,16H2,1-2H3. The van der Waals surface area contributed by atoms with E-state index in [1.807, 2.05) is 0 Å². The van der Waals surface area contributed by atoms with Gasteiger partial charge in [-0.2, -0.15) is 0 Å². The van der Waals surface area contributed by atoms with Crippen LogP contribution in [0, 0.1) is 12.8 Å². The summed E-state index contributed by atoms with van der Waals surface area (Å²) in [7, 11) is 2.20. The summed E-state index contributed by atoms with van der Waals surface area (Å²) < 4.78 is 2.45. The average molecular weight is 353 g/mol. The Labute approximate surface area is 157 Å². The minimum Gasteiger partial charge on any atom is -0.343 e. The molecule has 0 saturated heterocycles. The third-order valence-electron chi connectivity index (χ3n) is 6.50. The van der Waals surface area contributed by atoms with E-state index in [0.717, 1.165) is 38.9 Å². The molecule has 1 aliphatic heterocycles. The van der Waals surface area contributed by atoms with Crippen LogP contribution in [0.15, 0.2) is 18.2 Å². The van der Waals surface area contributed by atoms with Gasteiger partial charge in [0, 0.05) is 48.6 Å². The van der Waals surface area contributed by atoms with Crippen molar-refractivity contribution >= 4 is 16.7 Å². The average Bonchev–Trinajstić information content (AvgIpc) is 2.80. The van der Waals surface area contributed by atoms with Crippen LogP contribution < -0.4 is 0 Å². The summed E-state index contributed by atoms with van der Waals surface area (Å²) in [5.74, 6) is 0.818. The van der Waals surface area contributed by atoms with Crippen molar-refractivity contribution in [2.75, 3.05) is 13.6 Å². The molecule has 0 atom stereocenters. The highest BCUT2D eigenvalue weighted by molar-refractivity contribution is 5.87. The maximum Gasteiger partial charge on any atom is 0.137 e. The van der Waals surface area contributed by atoms with Crippen molar-refractivity contribution in [3.8, 4) is 0 Å². The van der Waals surface area contributed by atoms with Gasteiger partial charge >= 0.3 is 0 Å². The summed E-state index contributed by atoms with van der Waals surface area (Å²) in [4.78, 5) is 15.2. The molecule has 1 saturated carbocycles. The van der Waals surface area contributed by atoms with Crippen LogP contribution in [0.1, 0.15) is 61.8 Å². The fourth-order valence-electron chi connectivity index (χ4n) is 4.97. The number of rotatable bonds is 4. The molecule has 2 aliphatic rings. The molecule has 4 rings (SSSR count). The van der Waals surface area contributed by atoms with E-state index < -0.39 is 0 Å². The number of carbonyl (C=O) groups is 1. The highest BCUT2D eigenvalue weighted by atomic mass is 16.1. The molecule has 0 unspecified atom stereocenters. The minimum atomic E-state index is 0.320. The summed E-state index contributed by atoms with van der Waals surface area (Å²) in [5, 5.41) is 1.41. The second-order valence-electron chi connectivity index (χ2n) is 8.49. The number of Topliss-reactive ketones (excluding diaryl/α,β-unsaturated/α-hetero) is 1. The molecule has 0 N–H and O–H groups in total. The van der Waals surface area contributed by atoms with E-state index >= 15 is 0 Å². The molecule has 2 heterocycles. The summed E-state index contributed by atoms with van der Waals surface area (Å²) in [6.07, 6.45) is 9.14. The predicted octanol–water partition coefficient (Wildman–Crippen LogP) is 4.87. The lowest BCUT2D eigenvalue weighted by atomic mass is 9.93. The number of hydrogen-bond acceptors (Lipinski definition) is 2. The number of carbonyl (C=O) groups excluding carboxylic acids is 1. The second kappa shape index (κ2) is 7.56. The Morgan fingerprint density at radius 1 is 1.15 bits per heavy atom. The van der Waals surface area contributed by atoms with Crippen LogP contribution >= 0.6 is 0 Å². The molecule has 0 spiro atoms. The molecule has 140 valence electrons. The molecular weight excluding hydrogens is 320 g/mol. The first-order chi connectivity index (χ1) is 12.6. The van der Waals surface area contributed by atoms with Crippen LogP contribution in [0.4, 0.5) is 0 Å². The SMILES string of the molecule is Cc1ccc2c(c1)c1c(n2CCC(=O)C2CCCCCC2)CN(C)CC1. The zero-order valence-electron chi connectivity index (χ0n) is 16.4. The largest absolute Gasteiger partial charge is 0.343 e. The molecule has 0 radical (unpaired) electrons. The normalized spacial score (nSPS) is 19.5. The van der Waals surface area contributed by atoms with Gasteiger partial charge in [0.25, 0.3) is 0 Å². The van der Waals surface area contributed by atoms with Gasteiger partial charge in [-0.15, -0.1) is 0 Å². The maximum atomic E-state index is 12.8. The highest BCUT2D eigenvalue weighted by Crippen LogP contribution is 2.32. The first-order valence-corrected chi connectivity index (χ1v) is 10.5. The Morgan fingerprint density at radius 2 is 1.92 bits per heavy atom. The Bertz CT molecular complexity index is 796. The molecule has 26 heavy (non-hydrogen) atoms. The van der Waals surface area contributed by atoms with Crippen LogP contribution in [-0.4, -0.2) is 28.8 Å². The van der Waals surface area contributed by atoms with Crippen LogP contribution in [0.25, 0.3) is 10.9 Å². The number of hydrogen-bond donors (Lipinski definition) is 0. The van der Waals surface area contributed by atoms with E-state index in [0.29, 0.717) is 18.1 Å². The topological polar surface area (TPSA) is 25.2 Å². The van der Waals surface area contributed by atoms with Gasteiger partial charge in [0.2, 0.25) is 0 Å². The lowest BCUT2D eigenvalue weighted by Gasteiger charge is -2.24. The molecule has 0 bridgehead atoms. The maximum absolute atomic E-state index is 12.8. The lowest BCUT2D eigenvalue weighted by Crippen LogP contribution is -2.28. The Balaban J connectivity index is 1.59. The Hall–Kier alpha value is -1.61. The Kier molecular flexibility index (Phi) is 5.17. The third kappa shape index (κ3) is 3.46. The molecule has 0 amide bonds. The summed E-state index contributed by atoms with van der Waals surface area (Å²) in [6, 6.07) is 6.81. The number of aryl methyl sites for hydroxylation is 2. The van der Waals surface area contributed by atoms with Crippen molar-refractivity contribution < 1.29 is 4.79 Å². The smallest absolute Gasteiger partial charge is 0.137 e. The number of benzene rings is 1. The highest BCUT2D eigenvalue weighted by Gasteiger charge is 2.24. The van der Waals surface area contributed by atoms with Crippen molar-refractivity contribution in [2.24, 2.45) is 5.92 Å². The van der Waals surface area contributed by atoms with Crippen LogP contribution in [0.5, 0.6) is 0 Å². The predicted molar refractivity (Wildman–Crippen MR) is 108 cm³/mol. The van der Waals surface area contributed by atoms with Gasteiger partial charge in [-0.1, -0.05) is 37.3 Å². The molecule has 1 aromatic heterocycles. The van der Waals surface area contributed by atoms with E-state index in [-0.39, 0.29) is 0 Å². The van der Waals surface area contributed by atoms with Crippen LogP contribution in [-0.2, 0) is 24.3 Å². The zero-order valence-corrected chi connectivity index (χ0v) is 16.4. The molecular formula is C23H32N2O. The van der Waals surface area contributed by atoms with Gasteiger partial charge in [0.1, 0.15) is 5.78 Å². The fourth-order valence-corrected chi connectivity index (χ4v) is 4.97. The zero-order chi connectivity index (χ0) is 18.1. The Morgan fingerprint density at radius 3 is 2.69 bits per heavy atom. The van der Waals surface area contributed by atoms with Gasteiger partial charge in [0.05, 0.1) is 0 Å². The number of fused-ring (bicyclic) bond motifs is 3. The fraction of sp³-hybridized carbons (Fsp3) is 0.609. The van der Waals surface area contributed by atoms with E-state index in [9.17, 15) is 4.79 Å². The van der Waals surface area contributed by atoms with E-state index in [2.05, 4.69) is 41.6 Å². The summed E-state index contributed by atoms with van der Waals surface area (Å²) in [5.41, 5.74) is 5.60. The lowest BCUT2D eigenvalue weighted by molar-refractivity contribution is -0.123. The summed E-state index contributed by atoms with van der Waals surface area (Å²) in [6.45, 7) is 5.15. The minimum absolute atomic E-state index is 0.320. The van der Waals surface area contributed by atoms with E-state index in [1.54, 1.807) is 0 Å². The van der Waals surface area contributed by atoms with Gasteiger partial charge in [-0.25, -0.2) is 0 Å². The van der Waals surface area contributed by atoms with Crippen molar-refractivity contribution in [3.63, 3.8) is 0 Å². The number of aromatic nitrogens is 1. The quantitative estimate of drug-likeness (QED) is 0.734. The first-order valence-electron chi connectivity index (χ1n) is 10.5. The molecule has 1 fully saturated rings. The van der Waals surface area contributed by atoms with Gasteiger partial charge < -0.3 is 9.47 Å². The van der Waals surface area contributed by atoms with E-state index in [1.165, 1.54) is 53.4 Å². The van der Waals surface area contributed by atoms with Crippen molar-refractivity contribution in [1.82, 2.24) is 9.47 Å². The molecule has 2 aromatic rings. The number of likely N-dealkylation sites (N-methyl/N-ethyl adjacent to an activating group) is 1. The molecule has 1 aromatic carbocycles.